The Balaban J connectivity index is 1.25. The summed E-state index contributed by atoms with van der Waals surface area (Å²) in [7, 11) is -3.19. The van der Waals surface area contributed by atoms with Gasteiger partial charge < -0.3 is 21.1 Å². The minimum Gasteiger partial charge on any atom is -0.489 e. The lowest BCUT2D eigenvalue weighted by Crippen LogP contribution is -2.26. The fraction of sp³-hybridized carbons (Fsp3) is 0.167. The van der Waals surface area contributed by atoms with Gasteiger partial charge in [0.05, 0.1) is 29.0 Å². The largest absolute Gasteiger partial charge is 0.489 e. The Kier molecular flexibility index (Phi) is 8.60. The third-order valence-corrected chi connectivity index (χ3v) is 7.64. The highest BCUT2D eigenvalue weighted by Gasteiger charge is 2.09. The lowest BCUT2D eigenvalue weighted by Gasteiger charge is -2.11. The monoisotopic (exact) mass is 554 g/mol. The molecular weight excluding hydrogens is 524 g/mol. The van der Waals surface area contributed by atoms with Crippen molar-refractivity contribution in [2.45, 2.75) is 13.2 Å². The van der Waals surface area contributed by atoms with Crippen LogP contribution in [0.5, 0.6) is 5.75 Å². The average molecular weight is 555 g/mol. The van der Waals surface area contributed by atoms with Crippen molar-refractivity contribution in [1.82, 2.24) is 20.3 Å². The van der Waals surface area contributed by atoms with Gasteiger partial charge in [-0.3, -0.25) is 4.98 Å². The van der Waals surface area contributed by atoms with Crippen molar-refractivity contribution in [2.24, 2.45) is 5.73 Å². The topological polar surface area (TPSA) is 132 Å². The van der Waals surface area contributed by atoms with Crippen LogP contribution in [0.1, 0.15) is 11.1 Å². The van der Waals surface area contributed by atoms with Gasteiger partial charge in [-0.25, -0.2) is 18.4 Å². The van der Waals surface area contributed by atoms with Crippen LogP contribution >= 0.6 is 0 Å². The summed E-state index contributed by atoms with van der Waals surface area (Å²) in [5.41, 5.74) is 10.8. The summed E-state index contributed by atoms with van der Waals surface area (Å²) in [5, 5.41) is 7.38. The Bertz CT molecular complexity index is 1660. The summed E-state index contributed by atoms with van der Waals surface area (Å²) in [5.74, 6) is 1.15. The fourth-order valence-corrected chi connectivity index (χ4v) is 4.69. The minimum atomic E-state index is -3.19. The maximum atomic E-state index is 11.5. The third kappa shape index (κ3) is 7.17. The Morgan fingerprint density at radius 2 is 1.62 bits per heavy atom. The van der Waals surface area contributed by atoms with Crippen molar-refractivity contribution in [3.8, 4) is 17.0 Å². The van der Waals surface area contributed by atoms with Gasteiger partial charge in [-0.05, 0) is 41.5 Å². The van der Waals surface area contributed by atoms with E-state index < -0.39 is 9.84 Å². The van der Waals surface area contributed by atoms with E-state index in [-0.39, 0.29) is 11.6 Å². The first-order chi connectivity index (χ1) is 19.5. The van der Waals surface area contributed by atoms with Crippen molar-refractivity contribution in [1.29, 1.82) is 0 Å². The quantitative estimate of drug-likeness (QED) is 0.192. The molecular formula is C30H30N6O3S. The van der Waals surface area contributed by atoms with Gasteiger partial charge >= 0.3 is 0 Å². The molecule has 0 amide bonds. The second-order valence-electron chi connectivity index (χ2n) is 9.22. The van der Waals surface area contributed by atoms with Gasteiger partial charge in [-0.15, -0.1) is 0 Å². The van der Waals surface area contributed by atoms with Crippen molar-refractivity contribution < 1.29 is 13.2 Å². The molecule has 10 heteroatoms. The van der Waals surface area contributed by atoms with E-state index in [0.29, 0.717) is 25.5 Å². The van der Waals surface area contributed by atoms with E-state index in [2.05, 4.69) is 25.6 Å². The van der Waals surface area contributed by atoms with Gasteiger partial charge in [0.25, 0.3) is 0 Å². The normalized spacial score (nSPS) is 11.4. The second-order valence-corrected chi connectivity index (χ2v) is 11.4. The zero-order chi connectivity index (χ0) is 27.8. The predicted molar refractivity (Wildman–Crippen MR) is 158 cm³/mol. The zero-order valence-electron chi connectivity index (χ0n) is 21.8. The van der Waals surface area contributed by atoms with Crippen LogP contribution in [0.3, 0.4) is 0 Å². The van der Waals surface area contributed by atoms with Crippen LogP contribution in [-0.2, 0) is 23.0 Å². The molecule has 5 aromatic rings. The molecule has 0 bridgehead atoms. The first kappa shape index (κ1) is 27.2. The van der Waals surface area contributed by atoms with Gasteiger partial charge in [-0.1, -0.05) is 54.6 Å². The number of sulfone groups is 1. The highest BCUT2D eigenvalue weighted by molar-refractivity contribution is 7.91. The van der Waals surface area contributed by atoms with E-state index in [1.165, 1.54) is 6.33 Å². The van der Waals surface area contributed by atoms with Crippen LogP contribution in [0.25, 0.3) is 22.2 Å². The first-order valence-corrected chi connectivity index (χ1v) is 14.7. The smallest absolute Gasteiger partial charge is 0.164 e. The van der Waals surface area contributed by atoms with Gasteiger partial charge in [0, 0.05) is 29.7 Å². The summed E-state index contributed by atoms with van der Waals surface area (Å²) >= 11 is 0. The predicted octanol–water partition coefficient (Wildman–Crippen LogP) is 4.44. The van der Waals surface area contributed by atoms with Gasteiger partial charge in [0.2, 0.25) is 0 Å². The maximum absolute atomic E-state index is 11.5. The van der Waals surface area contributed by atoms with E-state index in [1.54, 1.807) is 6.20 Å². The molecule has 0 spiro atoms. The summed E-state index contributed by atoms with van der Waals surface area (Å²) in [6.45, 7) is 1.42. The summed E-state index contributed by atoms with van der Waals surface area (Å²) in [6, 6.07) is 27.8. The van der Waals surface area contributed by atoms with E-state index in [1.807, 2.05) is 84.9 Å². The number of pyridine rings is 1. The molecule has 204 valence electrons. The Hall–Kier alpha value is -4.38. The lowest BCUT2D eigenvalue weighted by atomic mass is 10.1. The number of nitrogens with two attached hydrogens (primary N) is 1. The summed E-state index contributed by atoms with van der Waals surface area (Å²) in [4.78, 5) is 13.4. The maximum Gasteiger partial charge on any atom is 0.164 e. The Morgan fingerprint density at radius 1 is 0.850 bits per heavy atom. The summed E-state index contributed by atoms with van der Waals surface area (Å²) in [6.07, 6.45) is 3.26. The highest BCUT2D eigenvalue weighted by atomic mass is 32.2. The van der Waals surface area contributed by atoms with E-state index in [0.717, 1.165) is 44.7 Å². The molecule has 2 heterocycles. The Labute approximate surface area is 233 Å². The molecule has 3 aromatic carbocycles. The molecule has 0 fully saturated rings. The van der Waals surface area contributed by atoms with Gasteiger partial charge in [-0.2, -0.15) is 0 Å². The molecule has 0 atom stereocenters. The van der Waals surface area contributed by atoms with Crippen LogP contribution in [0.2, 0.25) is 0 Å². The SMILES string of the molecule is NCS(=O)(=O)CCNCc1ccc(-c2cc3c(Nc4ccc(OCc5ccccc5)cc4)ncnc3cn2)cc1. The molecule has 0 aliphatic rings. The average Bonchev–Trinajstić information content (AvgIpc) is 3.00. The molecule has 0 aliphatic carbocycles. The molecule has 40 heavy (non-hydrogen) atoms. The first-order valence-electron chi connectivity index (χ1n) is 12.8. The number of anilines is 2. The summed E-state index contributed by atoms with van der Waals surface area (Å²) < 4.78 is 28.9. The molecule has 9 nitrogen and oxygen atoms in total. The van der Waals surface area contributed by atoms with E-state index in [4.69, 9.17) is 10.5 Å². The number of rotatable bonds is 12. The van der Waals surface area contributed by atoms with Crippen LogP contribution in [0.4, 0.5) is 11.5 Å². The van der Waals surface area contributed by atoms with Crippen molar-refractivity contribution in [2.75, 3.05) is 23.5 Å². The van der Waals surface area contributed by atoms with Gasteiger partial charge in [0.15, 0.2) is 9.84 Å². The number of fused-ring (bicyclic) bond motifs is 1. The Morgan fingerprint density at radius 3 is 2.38 bits per heavy atom. The molecule has 2 aromatic heterocycles. The molecule has 5 rings (SSSR count). The minimum absolute atomic E-state index is 0.0210. The van der Waals surface area contributed by atoms with E-state index >= 15 is 0 Å². The van der Waals surface area contributed by atoms with Crippen LogP contribution in [0, 0.1) is 0 Å². The molecule has 0 saturated heterocycles. The number of hydrogen-bond acceptors (Lipinski definition) is 9. The second kappa shape index (κ2) is 12.6. The van der Waals surface area contributed by atoms with Gasteiger partial charge in [0.1, 0.15) is 24.5 Å². The lowest BCUT2D eigenvalue weighted by molar-refractivity contribution is 0.306. The number of nitrogens with one attached hydrogen (secondary N) is 2. The van der Waals surface area contributed by atoms with Crippen LogP contribution < -0.4 is 21.1 Å². The molecule has 0 aliphatic heterocycles. The van der Waals surface area contributed by atoms with Crippen LogP contribution in [-0.4, -0.2) is 41.5 Å². The third-order valence-electron chi connectivity index (χ3n) is 6.31. The van der Waals surface area contributed by atoms with E-state index in [9.17, 15) is 8.42 Å². The number of hydrogen-bond donors (Lipinski definition) is 3. The number of nitrogens with zero attached hydrogens (tertiary/aromatic N) is 3. The number of aromatic nitrogens is 3. The molecule has 4 N–H and O–H groups in total. The van der Waals surface area contributed by atoms with Crippen molar-refractivity contribution in [3.63, 3.8) is 0 Å². The number of benzene rings is 3. The number of ether oxygens (including phenoxy) is 1. The molecule has 0 unspecified atom stereocenters. The highest BCUT2D eigenvalue weighted by Crippen LogP contribution is 2.28. The van der Waals surface area contributed by atoms with Crippen molar-refractivity contribution >= 4 is 32.2 Å². The zero-order valence-corrected chi connectivity index (χ0v) is 22.6. The molecule has 0 saturated carbocycles. The van der Waals surface area contributed by atoms with Crippen LogP contribution in [0.15, 0.2) is 97.5 Å². The fourth-order valence-electron chi connectivity index (χ4n) is 4.07. The standard InChI is InChI=1S/C30H30N6O3S/c31-20-40(37,38)15-14-32-17-22-6-8-24(9-7-22)28-16-27-29(18-33-28)34-21-35-30(27)36-25-10-12-26(13-11-25)39-19-23-4-2-1-3-5-23/h1-13,16,18,21,32H,14-15,17,19-20,31H2,(H,34,35,36). The van der Waals surface area contributed by atoms with Crippen molar-refractivity contribution in [3.05, 3.63) is 109 Å². The molecule has 0 radical (unpaired) electrons.